The van der Waals surface area contributed by atoms with Gasteiger partial charge < -0.3 is 27.1 Å². The number of para-hydroxylation sites is 6. The van der Waals surface area contributed by atoms with Crippen LogP contribution in [0.3, 0.4) is 0 Å². The van der Waals surface area contributed by atoms with Gasteiger partial charge in [-0.3, -0.25) is 0 Å². The van der Waals surface area contributed by atoms with Crippen molar-refractivity contribution in [3.05, 3.63) is 375 Å². The van der Waals surface area contributed by atoms with E-state index in [9.17, 15) is 10.5 Å². The molecule has 548 valence electrons. The molecule has 14 nitrogen and oxygen atoms in total. The highest BCUT2D eigenvalue weighted by molar-refractivity contribution is 6.31. The van der Waals surface area contributed by atoms with Gasteiger partial charge in [-0.25, -0.2) is 29.9 Å². The standard InChI is InChI=1S/2C52H30N6O/c53-31-35-30-34(52-55-50(32-14-4-1-5-15-32)54-51(56-52)33-16-6-2-7-17-33)24-27-41(35)58-43-23-13-11-21-40(43)47-45(58)29-26-38-37-25-28-44-46(48(37)59-49(38)47)39-20-10-12-22-42(39)57(44)36-18-8-3-9-19-36;53-31-34-30-36(24-25-37(34)52-55-50(32-14-4-1-5-15-32)54-51(56-52)33-16-6-2-7-17-33)58-43-23-13-11-21-41(43)47-45(58)29-27-39-38-26-28-44-46(48(38)59-49(39)47)40-20-10-12-22-42(40)57(44)35-18-8-3-9-19-35/h2*1-30H. The average Bonchev–Trinajstić information content (AvgIpc) is 1.55. The number of aromatic nitrogens is 10. The Labute approximate surface area is 672 Å². The van der Waals surface area contributed by atoms with Crippen LogP contribution < -0.4 is 0 Å². The number of rotatable bonds is 10. The van der Waals surface area contributed by atoms with Crippen LogP contribution in [0.25, 0.3) is 222 Å². The van der Waals surface area contributed by atoms with Gasteiger partial charge in [-0.2, -0.15) is 10.5 Å². The van der Waals surface area contributed by atoms with E-state index in [1.807, 2.05) is 176 Å². The summed E-state index contributed by atoms with van der Waals surface area (Å²) in [7, 11) is 0. The van der Waals surface area contributed by atoms with Crippen LogP contribution in [0.2, 0.25) is 0 Å². The minimum Gasteiger partial charge on any atom is -0.455 e. The maximum Gasteiger partial charge on any atom is 0.165 e. The summed E-state index contributed by atoms with van der Waals surface area (Å²) < 4.78 is 23.2. The highest BCUT2D eigenvalue weighted by atomic mass is 16.3. The predicted molar refractivity (Wildman–Crippen MR) is 474 cm³/mol. The van der Waals surface area contributed by atoms with Crippen LogP contribution in [0.15, 0.2) is 373 Å². The van der Waals surface area contributed by atoms with E-state index < -0.39 is 0 Å². The van der Waals surface area contributed by atoms with Crippen LogP contribution in [-0.4, -0.2) is 48.2 Å². The third-order valence-corrected chi connectivity index (χ3v) is 22.8. The Morgan fingerprint density at radius 1 is 0.212 bits per heavy atom. The van der Waals surface area contributed by atoms with Gasteiger partial charge >= 0.3 is 0 Å². The van der Waals surface area contributed by atoms with Crippen molar-refractivity contribution in [1.29, 1.82) is 10.5 Å². The largest absolute Gasteiger partial charge is 0.455 e. The summed E-state index contributed by atoms with van der Waals surface area (Å²) in [5.41, 5.74) is 21.4. The van der Waals surface area contributed by atoms with Gasteiger partial charge in [-0.1, -0.05) is 231 Å². The van der Waals surface area contributed by atoms with Gasteiger partial charge in [0.15, 0.2) is 34.9 Å². The predicted octanol–water partition coefficient (Wildman–Crippen LogP) is 25.7. The van der Waals surface area contributed by atoms with Gasteiger partial charge in [-0.15, -0.1) is 0 Å². The van der Waals surface area contributed by atoms with Gasteiger partial charge in [0, 0.05) is 93.5 Å². The molecule has 8 heterocycles. The smallest absolute Gasteiger partial charge is 0.165 e. The number of hydrogen-bond acceptors (Lipinski definition) is 10. The molecule has 0 bridgehead atoms. The Balaban J connectivity index is 0.000000138. The first kappa shape index (κ1) is 67.1. The normalized spacial score (nSPS) is 11.7. The van der Waals surface area contributed by atoms with Crippen molar-refractivity contribution >= 4 is 131 Å². The molecular formula is C104H60N12O2. The van der Waals surface area contributed by atoms with Crippen LogP contribution >= 0.6 is 0 Å². The summed E-state index contributed by atoms with van der Waals surface area (Å²) in [6.07, 6.45) is 0. The molecule has 0 amide bonds. The summed E-state index contributed by atoms with van der Waals surface area (Å²) >= 11 is 0. The summed E-state index contributed by atoms with van der Waals surface area (Å²) in [4.78, 5) is 29.4. The van der Waals surface area contributed by atoms with E-state index in [0.29, 0.717) is 51.6 Å². The monoisotopic (exact) mass is 1510 g/mol. The number of benzene rings is 16. The topological polar surface area (TPSA) is 171 Å². The molecule has 0 saturated carbocycles. The molecule has 0 aliphatic heterocycles. The van der Waals surface area contributed by atoms with Crippen LogP contribution in [-0.2, 0) is 0 Å². The number of nitrogens with zero attached hydrogens (tertiary/aromatic N) is 12. The first-order valence-electron chi connectivity index (χ1n) is 39.0. The number of nitriles is 2. The third-order valence-electron chi connectivity index (χ3n) is 22.8. The molecule has 0 fully saturated rings. The molecule has 0 N–H and O–H groups in total. The Morgan fingerprint density at radius 3 is 0.864 bits per heavy atom. The zero-order chi connectivity index (χ0) is 78.1. The Morgan fingerprint density at radius 2 is 0.508 bits per heavy atom. The van der Waals surface area contributed by atoms with Crippen molar-refractivity contribution in [2.75, 3.05) is 0 Å². The minimum atomic E-state index is 0.437. The highest BCUT2D eigenvalue weighted by Crippen LogP contribution is 2.48. The molecule has 0 aliphatic rings. The molecule has 8 aromatic heterocycles. The zero-order valence-corrected chi connectivity index (χ0v) is 62.8. The maximum atomic E-state index is 10.8. The van der Waals surface area contributed by atoms with Crippen molar-refractivity contribution < 1.29 is 8.83 Å². The van der Waals surface area contributed by atoms with E-state index in [2.05, 4.69) is 218 Å². The number of fused-ring (bicyclic) bond motifs is 22. The molecule has 0 aliphatic carbocycles. The second kappa shape index (κ2) is 27.0. The van der Waals surface area contributed by atoms with Gasteiger partial charge in [0.1, 0.15) is 28.4 Å². The third kappa shape index (κ3) is 10.6. The molecule has 0 radical (unpaired) electrons. The first-order chi connectivity index (χ1) is 58.5. The van der Waals surface area contributed by atoms with Gasteiger partial charge in [0.2, 0.25) is 0 Å². The Bertz CT molecular complexity index is 8200. The highest BCUT2D eigenvalue weighted by Gasteiger charge is 2.28. The van der Waals surface area contributed by atoms with E-state index in [0.717, 1.165) is 182 Å². The van der Waals surface area contributed by atoms with E-state index in [4.69, 9.17) is 38.7 Å². The fourth-order valence-electron chi connectivity index (χ4n) is 17.6. The van der Waals surface area contributed by atoms with Crippen LogP contribution in [0.1, 0.15) is 11.1 Å². The molecule has 118 heavy (non-hydrogen) atoms. The zero-order valence-electron chi connectivity index (χ0n) is 62.8. The van der Waals surface area contributed by atoms with Crippen molar-refractivity contribution in [2.24, 2.45) is 0 Å². The number of furan rings is 2. The van der Waals surface area contributed by atoms with E-state index >= 15 is 0 Å². The van der Waals surface area contributed by atoms with Crippen molar-refractivity contribution in [2.45, 2.75) is 0 Å². The van der Waals surface area contributed by atoms with Crippen LogP contribution in [0.5, 0.6) is 0 Å². The summed E-state index contributed by atoms with van der Waals surface area (Å²) in [5.74, 6) is 3.15. The SMILES string of the molecule is N#Cc1cc(-c2nc(-c3ccccc3)nc(-c3ccccc3)n2)ccc1-n1c2ccccc2c2c3oc4c(ccc5c4c4ccccc4n5-c4ccccc4)c3ccc21.N#Cc1cc(-n2c3ccccc3c3c4oc5c(ccc6c5c5ccccc5n6-c5ccccc5)c4ccc32)ccc1-c1nc(-c2ccccc2)nc(-c2ccccc2)n1. The quantitative estimate of drug-likeness (QED) is 0.128. The summed E-state index contributed by atoms with van der Waals surface area (Å²) in [6.45, 7) is 0. The molecule has 0 spiro atoms. The average molecular weight is 1510 g/mol. The fourth-order valence-corrected chi connectivity index (χ4v) is 17.6. The molecule has 24 rings (SSSR count). The lowest BCUT2D eigenvalue weighted by Gasteiger charge is -2.12. The number of hydrogen-bond donors (Lipinski definition) is 0. The molecule has 16 aromatic carbocycles. The van der Waals surface area contributed by atoms with E-state index in [1.54, 1.807) is 0 Å². The Hall–Kier alpha value is -16.7. The lowest BCUT2D eigenvalue weighted by molar-refractivity contribution is 0.676. The lowest BCUT2D eigenvalue weighted by Crippen LogP contribution is -2.02. The second-order valence-corrected chi connectivity index (χ2v) is 29.4. The molecule has 0 saturated heterocycles. The lowest BCUT2D eigenvalue weighted by atomic mass is 10.1. The molecule has 24 aromatic rings. The Kier molecular flexibility index (Phi) is 15.4. The van der Waals surface area contributed by atoms with Gasteiger partial charge in [-0.05, 0) is 133 Å². The summed E-state index contributed by atoms with van der Waals surface area (Å²) in [5, 5.41) is 34.3. The maximum absolute atomic E-state index is 10.8. The summed E-state index contributed by atoms with van der Waals surface area (Å²) in [6, 6.07) is 129. The molecule has 0 atom stereocenters. The molecular weight excluding hydrogens is 1450 g/mol. The van der Waals surface area contributed by atoms with Crippen molar-refractivity contribution in [3.8, 4) is 103 Å². The van der Waals surface area contributed by atoms with E-state index in [-0.39, 0.29) is 0 Å². The second-order valence-electron chi connectivity index (χ2n) is 29.4. The van der Waals surface area contributed by atoms with E-state index in [1.165, 1.54) is 0 Å². The van der Waals surface area contributed by atoms with Crippen molar-refractivity contribution in [3.63, 3.8) is 0 Å². The van der Waals surface area contributed by atoms with Gasteiger partial charge in [0.05, 0.1) is 88.6 Å². The van der Waals surface area contributed by atoms with Crippen molar-refractivity contribution in [1.82, 2.24) is 48.2 Å². The fraction of sp³-hybridized carbons (Fsp3) is 0. The van der Waals surface area contributed by atoms with Crippen LogP contribution in [0.4, 0.5) is 0 Å². The van der Waals surface area contributed by atoms with Crippen LogP contribution in [0, 0.1) is 22.7 Å². The first-order valence-corrected chi connectivity index (χ1v) is 39.0. The van der Waals surface area contributed by atoms with Gasteiger partial charge in [0.25, 0.3) is 0 Å². The molecule has 0 unspecified atom stereocenters. The molecule has 14 heteroatoms. The minimum absolute atomic E-state index is 0.437.